The van der Waals surface area contributed by atoms with E-state index in [0.29, 0.717) is 0 Å². The normalized spacial score (nSPS) is 11.4. The van der Waals surface area contributed by atoms with Gasteiger partial charge in [0.2, 0.25) is 0 Å². The zero-order valence-corrected chi connectivity index (χ0v) is 14.9. The molecule has 0 radical (unpaired) electrons. The summed E-state index contributed by atoms with van der Waals surface area (Å²) in [5, 5.41) is 3.12. The van der Waals surface area contributed by atoms with Crippen LogP contribution in [0.3, 0.4) is 0 Å². The zero-order valence-electron chi connectivity index (χ0n) is 14.9. The first-order valence-corrected chi connectivity index (χ1v) is 8.00. The second kappa shape index (κ2) is 8.85. The predicted molar refractivity (Wildman–Crippen MR) is 92.0 cm³/mol. The molecule has 164 valence electrons. The topological polar surface area (TPSA) is 102 Å². The van der Waals surface area contributed by atoms with Crippen LogP contribution in [0.15, 0.2) is 48.5 Å². The summed E-state index contributed by atoms with van der Waals surface area (Å²) in [6.07, 6.45) is -10.2. The Morgan fingerprint density at radius 3 is 1.13 bits per heavy atom. The lowest BCUT2D eigenvalue weighted by molar-refractivity contribution is -0.167. The molecule has 0 aliphatic heterocycles. The molecule has 7 nitrogen and oxygen atoms in total. The highest BCUT2D eigenvalue weighted by Crippen LogP contribution is 2.20. The molecule has 2 N–H and O–H groups in total. The molecule has 2 aromatic carbocycles. The maximum atomic E-state index is 12.2. The molecule has 0 saturated heterocycles. The number of hydrogen-bond donors (Lipinski definition) is 2. The number of esters is 2. The summed E-state index contributed by atoms with van der Waals surface area (Å²) in [5.74, 6) is -6.78. The molecule has 0 heterocycles. The number of benzene rings is 2. The van der Waals surface area contributed by atoms with Gasteiger partial charge in [0.1, 0.15) is 0 Å². The van der Waals surface area contributed by atoms with Crippen LogP contribution in [0.2, 0.25) is 0 Å². The van der Waals surface area contributed by atoms with Crippen molar-refractivity contribution in [3.8, 4) is 0 Å². The van der Waals surface area contributed by atoms with Gasteiger partial charge in [-0.05, 0) is 48.5 Å². The minimum absolute atomic E-state index is 0.229. The minimum Gasteiger partial charge on any atom is -0.386 e. The third-order valence-corrected chi connectivity index (χ3v) is 3.46. The van der Waals surface area contributed by atoms with Gasteiger partial charge < -0.3 is 15.4 Å². The third-order valence-electron chi connectivity index (χ3n) is 3.46. The van der Waals surface area contributed by atoms with Gasteiger partial charge >= 0.3 is 36.1 Å². The lowest BCUT2D eigenvalue weighted by Gasteiger charge is -2.09. The molecule has 31 heavy (non-hydrogen) atoms. The van der Waals surface area contributed by atoms with E-state index in [1.54, 1.807) is 10.6 Å². The van der Waals surface area contributed by atoms with E-state index in [9.17, 15) is 45.5 Å². The molecular formula is C18H10F6N2O5. The molecule has 0 fully saturated rings. The van der Waals surface area contributed by atoms with Gasteiger partial charge in [0, 0.05) is 11.4 Å². The number of anilines is 2. The molecule has 0 saturated carbocycles. The summed E-state index contributed by atoms with van der Waals surface area (Å²) in [5.41, 5.74) is -0.983. The van der Waals surface area contributed by atoms with Gasteiger partial charge in [-0.2, -0.15) is 26.3 Å². The van der Waals surface area contributed by atoms with Crippen LogP contribution in [0.25, 0.3) is 0 Å². The van der Waals surface area contributed by atoms with Gasteiger partial charge in [0.15, 0.2) is 0 Å². The monoisotopic (exact) mass is 448 g/mol. The Hall–Kier alpha value is -3.90. The van der Waals surface area contributed by atoms with Crippen LogP contribution in [0.5, 0.6) is 0 Å². The Bertz CT molecular complexity index is 917. The van der Waals surface area contributed by atoms with Crippen molar-refractivity contribution in [1.82, 2.24) is 0 Å². The van der Waals surface area contributed by atoms with Crippen molar-refractivity contribution >= 4 is 35.1 Å². The first-order chi connectivity index (χ1) is 14.3. The molecule has 2 amide bonds. The summed E-state index contributed by atoms with van der Waals surface area (Å²) in [6, 6.07) is 7.89. The molecular weight excluding hydrogens is 438 g/mol. The van der Waals surface area contributed by atoms with Crippen molar-refractivity contribution in [3.63, 3.8) is 0 Å². The largest absolute Gasteiger partial charge is 0.471 e. The second-order valence-electron chi connectivity index (χ2n) is 5.74. The van der Waals surface area contributed by atoms with Crippen molar-refractivity contribution in [2.75, 3.05) is 10.6 Å². The van der Waals surface area contributed by atoms with Crippen LogP contribution in [0.1, 0.15) is 20.7 Å². The van der Waals surface area contributed by atoms with E-state index in [4.69, 9.17) is 0 Å². The summed E-state index contributed by atoms with van der Waals surface area (Å²) in [7, 11) is 0. The lowest BCUT2D eigenvalue weighted by Crippen LogP contribution is -2.29. The fourth-order valence-electron chi connectivity index (χ4n) is 1.99. The van der Waals surface area contributed by atoms with E-state index in [2.05, 4.69) is 4.74 Å². The summed E-state index contributed by atoms with van der Waals surface area (Å²) in [4.78, 5) is 45.6. The van der Waals surface area contributed by atoms with Crippen LogP contribution < -0.4 is 10.6 Å². The SMILES string of the molecule is O=C(OC(=O)c1ccc(NC(=O)C(F)(F)F)cc1)c1ccc(NC(=O)C(F)(F)F)cc1. The second-order valence-corrected chi connectivity index (χ2v) is 5.74. The average molecular weight is 448 g/mol. The van der Waals surface area contributed by atoms with E-state index in [-0.39, 0.29) is 22.5 Å². The Morgan fingerprint density at radius 1 is 0.581 bits per heavy atom. The molecule has 0 spiro atoms. The maximum absolute atomic E-state index is 12.2. The number of ether oxygens (including phenoxy) is 1. The summed E-state index contributed by atoms with van der Waals surface area (Å²) in [6.45, 7) is 0. The highest BCUT2D eigenvalue weighted by Gasteiger charge is 2.39. The van der Waals surface area contributed by atoms with Crippen LogP contribution in [-0.2, 0) is 14.3 Å². The quantitative estimate of drug-likeness (QED) is 0.422. The molecule has 0 aliphatic carbocycles. The maximum Gasteiger partial charge on any atom is 0.471 e. The molecule has 13 heteroatoms. The van der Waals surface area contributed by atoms with E-state index in [1.807, 2.05) is 0 Å². The number of alkyl halides is 6. The lowest BCUT2D eigenvalue weighted by atomic mass is 10.2. The number of carbonyl (C=O) groups is 4. The van der Waals surface area contributed by atoms with Crippen molar-refractivity contribution in [1.29, 1.82) is 0 Å². The van der Waals surface area contributed by atoms with Gasteiger partial charge in [-0.15, -0.1) is 0 Å². The highest BCUT2D eigenvalue weighted by atomic mass is 19.4. The van der Waals surface area contributed by atoms with E-state index in [1.165, 1.54) is 0 Å². The van der Waals surface area contributed by atoms with Gasteiger partial charge in [-0.1, -0.05) is 0 Å². The van der Waals surface area contributed by atoms with Crippen LogP contribution >= 0.6 is 0 Å². The molecule has 0 aromatic heterocycles. The van der Waals surface area contributed by atoms with Crippen molar-refractivity contribution in [3.05, 3.63) is 59.7 Å². The molecule has 0 atom stereocenters. The summed E-state index contributed by atoms with van der Waals surface area (Å²) >= 11 is 0. The fraction of sp³-hybridized carbons (Fsp3) is 0.111. The molecule has 0 aliphatic rings. The number of hydrogen-bond acceptors (Lipinski definition) is 5. The molecule has 0 bridgehead atoms. The molecule has 0 unspecified atom stereocenters. The number of rotatable bonds is 4. The molecule has 2 rings (SSSR count). The van der Waals surface area contributed by atoms with Crippen molar-refractivity contribution in [2.45, 2.75) is 12.4 Å². The van der Waals surface area contributed by atoms with Gasteiger partial charge in [0.05, 0.1) is 11.1 Å². The highest BCUT2D eigenvalue weighted by molar-refractivity contribution is 6.03. The fourth-order valence-corrected chi connectivity index (χ4v) is 1.99. The Labute approximate surface area is 169 Å². The van der Waals surface area contributed by atoms with Crippen LogP contribution in [-0.4, -0.2) is 36.1 Å². The van der Waals surface area contributed by atoms with E-state index in [0.717, 1.165) is 48.5 Å². The van der Waals surface area contributed by atoms with Crippen LogP contribution in [0.4, 0.5) is 37.7 Å². The van der Waals surface area contributed by atoms with Crippen molar-refractivity contribution in [2.24, 2.45) is 0 Å². The smallest absolute Gasteiger partial charge is 0.386 e. The third kappa shape index (κ3) is 6.55. The Morgan fingerprint density at radius 2 is 0.871 bits per heavy atom. The van der Waals surface area contributed by atoms with E-state index >= 15 is 0 Å². The van der Waals surface area contributed by atoms with Gasteiger partial charge in [-0.3, -0.25) is 9.59 Å². The predicted octanol–water partition coefficient (Wildman–Crippen LogP) is 3.69. The zero-order chi connectivity index (χ0) is 23.4. The number of amides is 2. The number of carbonyl (C=O) groups excluding carboxylic acids is 4. The van der Waals surface area contributed by atoms with Crippen LogP contribution in [0, 0.1) is 0 Å². The number of halogens is 6. The first kappa shape index (κ1) is 23.4. The van der Waals surface area contributed by atoms with Gasteiger partial charge in [-0.25, -0.2) is 9.59 Å². The Balaban J connectivity index is 1.98. The minimum atomic E-state index is -5.10. The number of nitrogens with one attached hydrogen (secondary N) is 2. The first-order valence-electron chi connectivity index (χ1n) is 8.00. The van der Waals surface area contributed by atoms with E-state index < -0.39 is 36.1 Å². The Kier molecular flexibility index (Phi) is 6.68. The van der Waals surface area contributed by atoms with Gasteiger partial charge in [0.25, 0.3) is 0 Å². The van der Waals surface area contributed by atoms with Crippen molar-refractivity contribution < 1.29 is 50.3 Å². The molecule has 2 aromatic rings. The average Bonchev–Trinajstić information content (AvgIpc) is 2.67. The standard InChI is InChI=1S/C18H10F6N2O5/c19-17(20,21)15(29)25-11-5-1-9(2-6-11)13(27)31-14(28)10-3-7-12(8-4-10)26-16(30)18(22,23)24/h1-8H,(H,25,29)(H,26,30). The summed E-state index contributed by atoms with van der Waals surface area (Å²) < 4.78 is 77.7.